The van der Waals surface area contributed by atoms with Crippen LogP contribution in [0.2, 0.25) is 6.32 Å². The van der Waals surface area contributed by atoms with Crippen molar-refractivity contribution < 1.29 is 4.90 Å². The van der Waals surface area contributed by atoms with Gasteiger partial charge in [0.1, 0.15) is 5.69 Å². The maximum atomic E-state index is 4.04. The van der Waals surface area contributed by atoms with E-state index in [0.717, 1.165) is 6.32 Å². The fourth-order valence-electron chi connectivity index (χ4n) is 4.35. The summed E-state index contributed by atoms with van der Waals surface area (Å²) in [6.07, 6.45) is 1.95. The van der Waals surface area contributed by atoms with Gasteiger partial charge in [-0.15, -0.1) is 19.0 Å². The van der Waals surface area contributed by atoms with Crippen LogP contribution < -0.4 is 21.3 Å². The predicted molar refractivity (Wildman–Crippen MR) is 138 cm³/mol. The number of allylic oxidation sites excluding steroid dienone is 1. The maximum Gasteiger partial charge on any atom is 0.130 e. The second kappa shape index (κ2) is 11.1. The molecule has 0 aliphatic carbocycles. The number of hydrogen-bond donors (Lipinski definition) is 1. The average molecular weight is 405 g/mol. The van der Waals surface area contributed by atoms with Crippen LogP contribution in [-0.2, 0) is 0 Å². The van der Waals surface area contributed by atoms with E-state index in [2.05, 4.69) is 136 Å². The maximum absolute atomic E-state index is 4.04. The Balaban J connectivity index is 0.000000254. The van der Waals surface area contributed by atoms with E-state index in [1.165, 1.54) is 27.0 Å². The second-order valence-corrected chi connectivity index (χ2v) is 8.17. The average Bonchev–Trinajstić information content (AvgIpc) is 2.85. The Bertz CT molecular complexity index is 932. The molecule has 0 saturated heterocycles. The summed E-state index contributed by atoms with van der Waals surface area (Å²) in [5.74, 6) is 0. The Morgan fingerprint density at radius 3 is 1.16 bits per heavy atom. The minimum atomic E-state index is -1.02. The first kappa shape index (κ1) is 22.3. The highest BCUT2D eigenvalue weighted by Gasteiger charge is 2.28. The summed E-state index contributed by atoms with van der Waals surface area (Å²) < 4.78 is 0. The van der Waals surface area contributed by atoms with Gasteiger partial charge < -0.3 is 4.90 Å². The molecule has 0 heterocycles. The fraction of sp³-hybridized carbons (Fsp3) is 0.103. The zero-order valence-corrected chi connectivity index (χ0v) is 18.6. The van der Waals surface area contributed by atoms with Crippen LogP contribution in [-0.4, -0.2) is 20.2 Å². The van der Waals surface area contributed by atoms with Crippen molar-refractivity contribution in [2.45, 2.75) is 6.32 Å². The SMILES string of the molecule is C=CC[B-](c1ccccc1)(c1ccccc1)c1ccccc1.C[NH+](C)c1ccccc1. The molecule has 0 spiro atoms. The lowest BCUT2D eigenvalue weighted by Crippen LogP contribution is -3.00. The second-order valence-electron chi connectivity index (χ2n) is 8.17. The Kier molecular flexibility index (Phi) is 8.03. The third-order valence-electron chi connectivity index (χ3n) is 5.98. The molecule has 0 aromatic heterocycles. The summed E-state index contributed by atoms with van der Waals surface area (Å²) in [5.41, 5.74) is 5.41. The molecule has 156 valence electrons. The van der Waals surface area contributed by atoms with Gasteiger partial charge in [0.25, 0.3) is 0 Å². The van der Waals surface area contributed by atoms with Crippen molar-refractivity contribution in [3.63, 3.8) is 0 Å². The molecule has 2 heteroatoms. The van der Waals surface area contributed by atoms with Crippen LogP contribution in [0.1, 0.15) is 0 Å². The molecule has 31 heavy (non-hydrogen) atoms. The number of rotatable bonds is 6. The van der Waals surface area contributed by atoms with Gasteiger partial charge in [-0.2, -0.15) is 16.4 Å². The normalized spacial score (nSPS) is 10.8. The molecule has 4 rings (SSSR count). The molecule has 0 atom stereocenters. The van der Waals surface area contributed by atoms with Gasteiger partial charge in [-0.25, -0.2) is 0 Å². The smallest absolute Gasteiger partial charge is 0.130 e. The highest BCUT2D eigenvalue weighted by Crippen LogP contribution is 2.13. The van der Waals surface area contributed by atoms with E-state index in [4.69, 9.17) is 0 Å². The van der Waals surface area contributed by atoms with Gasteiger partial charge in [0.2, 0.25) is 0 Å². The summed E-state index contributed by atoms with van der Waals surface area (Å²) in [6.45, 7) is 4.04. The van der Waals surface area contributed by atoms with E-state index in [1.807, 2.05) is 12.1 Å². The van der Waals surface area contributed by atoms with E-state index in [-0.39, 0.29) is 0 Å². The van der Waals surface area contributed by atoms with Crippen molar-refractivity contribution in [1.82, 2.24) is 0 Å². The molecule has 1 N–H and O–H groups in total. The summed E-state index contributed by atoms with van der Waals surface area (Å²) in [5, 5.41) is 0. The Hall–Kier alpha value is -3.36. The molecular formula is C29H32BN. The minimum Gasteiger partial charge on any atom is -0.307 e. The topological polar surface area (TPSA) is 4.44 Å². The molecule has 4 aromatic rings. The molecule has 0 aliphatic heterocycles. The minimum absolute atomic E-state index is 0.929. The van der Waals surface area contributed by atoms with Gasteiger partial charge in [0.05, 0.1) is 20.2 Å². The summed E-state index contributed by atoms with van der Waals surface area (Å²) in [6, 6.07) is 42.8. The lowest BCUT2D eigenvalue weighted by Gasteiger charge is -2.42. The van der Waals surface area contributed by atoms with E-state index in [9.17, 15) is 0 Å². The Labute approximate surface area is 187 Å². The molecule has 0 aliphatic rings. The van der Waals surface area contributed by atoms with Crippen molar-refractivity contribution in [3.05, 3.63) is 134 Å². The van der Waals surface area contributed by atoms with Crippen molar-refractivity contribution >= 4 is 28.2 Å². The molecule has 0 amide bonds. The first-order chi connectivity index (χ1) is 15.2. The van der Waals surface area contributed by atoms with Crippen LogP contribution in [0.3, 0.4) is 0 Å². The van der Waals surface area contributed by atoms with Crippen LogP contribution in [0.4, 0.5) is 5.69 Å². The van der Waals surface area contributed by atoms with Crippen molar-refractivity contribution in [2.24, 2.45) is 0 Å². The highest BCUT2D eigenvalue weighted by molar-refractivity contribution is 7.11. The summed E-state index contributed by atoms with van der Waals surface area (Å²) in [4.78, 5) is 1.37. The Morgan fingerprint density at radius 1 is 0.581 bits per heavy atom. The van der Waals surface area contributed by atoms with Crippen LogP contribution in [0.15, 0.2) is 134 Å². The lowest BCUT2D eigenvalue weighted by atomic mass is 9.14. The number of quaternary nitrogens is 1. The van der Waals surface area contributed by atoms with Gasteiger partial charge >= 0.3 is 0 Å². The first-order valence-electron chi connectivity index (χ1n) is 11.0. The molecule has 0 unspecified atom stereocenters. The Morgan fingerprint density at radius 2 is 0.903 bits per heavy atom. The van der Waals surface area contributed by atoms with Crippen LogP contribution >= 0.6 is 0 Å². The third-order valence-corrected chi connectivity index (χ3v) is 5.98. The first-order valence-corrected chi connectivity index (χ1v) is 11.0. The monoisotopic (exact) mass is 405 g/mol. The van der Waals surface area contributed by atoms with Gasteiger partial charge in [0, 0.05) is 0 Å². The fourth-order valence-corrected chi connectivity index (χ4v) is 4.35. The molecule has 4 aromatic carbocycles. The van der Waals surface area contributed by atoms with Gasteiger partial charge in [-0.3, -0.25) is 0 Å². The third kappa shape index (κ3) is 5.42. The van der Waals surface area contributed by atoms with Crippen LogP contribution in [0, 0.1) is 0 Å². The lowest BCUT2D eigenvalue weighted by molar-refractivity contribution is -0.786. The van der Waals surface area contributed by atoms with Gasteiger partial charge in [0.15, 0.2) is 0 Å². The standard InChI is InChI=1S/C21H20B.C8H11N/c1-2-18-22(19-12-6-3-7-13-19,20-14-8-4-9-15-20)21-16-10-5-11-17-21;1-9(2)8-6-4-3-5-7-8/h2-17H,1,18H2;3-7H,1-2H3/q-1;/p+1. The van der Waals surface area contributed by atoms with Crippen LogP contribution in [0.25, 0.3) is 0 Å². The molecular weight excluding hydrogens is 373 g/mol. The molecule has 0 radical (unpaired) electrons. The summed E-state index contributed by atoms with van der Waals surface area (Å²) >= 11 is 0. The number of nitrogens with one attached hydrogen (secondary N) is 1. The predicted octanol–water partition coefficient (Wildman–Crippen LogP) is 3.81. The van der Waals surface area contributed by atoms with Gasteiger partial charge in [-0.1, -0.05) is 109 Å². The molecule has 0 fully saturated rings. The summed E-state index contributed by atoms with van der Waals surface area (Å²) in [7, 11) is 4.24. The van der Waals surface area contributed by atoms with E-state index < -0.39 is 6.15 Å². The molecule has 1 nitrogen and oxygen atoms in total. The van der Waals surface area contributed by atoms with E-state index >= 15 is 0 Å². The molecule has 0 bridgehead atoms. The van der Waals surface area contributed by atoms with Crippen molar-refractivity contribution in [3.8, 4) is 0 Å². The highest BCUT2D eigenvalue weighted by atomic mass is 15.1. The molecule has 0 saturated carbocycles. The van der Waals surface area contributed by atoms with Crippen LogP contribution in [0.5, 0.6) is 0 Å². The van der Waals surface area contributed by atoms with Gasteiger partial charge in [-0.05, 0) is 12.1 Å². The number of hydrogen-bond acceptors (Lipinski definition) is 0. The number of benzene rings is 4. The van der Waals surface area contributed by atoms with E-state index in [1.54, 1.807) is 0 Å². The largest absolute Gasteiger partial charge is 0.307 e. The number of para-hydroxylation sites is 1. The zero-order chi connectivity index (χ0) is 21.9. The van der Waals surface area contributed by atoms with Crippen molar-refractivity contribution in [2.75, 3.05) is 14.1 Å². The van der Waals surface area contributed by atoms with E-state index in [0.29, 0.717) is 0 Å². The van der Waals surface area contributed by atoms with Crippen molar-refractivity contribution in [1.29, 1.82) is 0 Å². The zero-order valence-electron chi connectivity index (χ0n) is 18.6. The quantitative estimate of drug-likeness (QED) is 0.368.